The lowest BCUT2D eigenvalue weighted by molar-refractivity contribution is 0.355. The highest BCUT2D eigenvalue weighted by Gasteiger charge is 2.17. The van der Waals surface area contributed by atoms with E-state index >= 15 is 0 Å². The van der Waals surface area contributed by atoms with Gasteiger partial charge in [0.2, 0.25) is 0 Å². The lowest BCUT2D eigenvalue weighted by Crippen LogP contribution is -2.37. The van der Waals surface area contributed by atoms with Crippen molar-refractivity contribution in [1.29, 1.82) is 0 Å². The van der Waals surface area contributed by atoms with E-state index in [1.165, 1.54) is 0 Å². The molecule has 0 aromatic carbocycles. The smallest absolute Gasteiger partial charge is 0.254 e. The van der Waals surface area contributed by atoms with Crippen molar-refractivity contribution in [3.05, 3.63) is 27.9 Å². The Morgan fingerprint density at radius 1 is 1.53 bits per heavy atom. The third-order valence-electron chi connectivity index (χ3n) is 2.89. The van der Waals surface area contributed by atoms with Gasteiger partial charge in [-0.05, 0) is 33.2 Å². The maximum Gasteiger partial charge on any atom is 0.254 e. The zero-order valence-corrected chi connectivity index (χ0v) is 9.29. The molecular formula is C11H17N3O. The summed E-state index contributed by atoms with van der Waals surface area (Å²) in [4.78, 5) is 16.2. The second-order valence-electron chi connectivity index (χ2n) is 4.15. The third-order valence-corrected chi connectivity index (χ3v) is 2.89. The van der Waals surface area contributed by atoms with E-state index in [1.54, 1.807) is 6.07 Å². The van der Waals surface area contributed by atoms with Crippen LogP contribution in [0.2, 0.25) is 0 Å². The van der Waals surface area contributed by atoms with Crippen LogP contribution in [0.5, 0.6) is 0 Å². The van der Waals surface area contributed by atoms with Gasteiger partial charge in [-0.25, -0.2) is 4.98 Å². The Bertz CT molecular complexity index is 405. The second kappa shape index (κ2) is 4.14. The van der Waals surface area contributed by atoms with Gasteiger partial charge in [0.1, 0.15) is 5.82 Å². The Morgan fingerprint density at radius 3 is 2.93 bits per heavy atom. The first kappa shape index (κ1) is 10.4. The summed E-state index contributed by atoms with van der Waals surface area (Å²) < 4.78 is 1.82. The van der Waals surface area contributed by atoms with E-state index in [4.69, 9.17) is 0 Å². The van der Waals surface area contributed by atoms with E-state index in [9.17, 15) is 4.79 Å². The monoisotopic (exact) mass is 207 g/mol. The van der Waals surface area contributed by atoms with Crippen LogP contribution in [-0.4, -0.2) is 22.6 Å². The van der Waals surface area contributed by atoms with Gasteiger partial charge in [0.25, 0.3) is 5.56 Å². The molecule has 1 aliphatic rings. The summed E-state index contributed by atoms with van der Waals surface area (Å²) in [6.07, 6.45) is 2.20. The van der Waals surface area contributed by atoms with Gasteiger partial charge in [-0.15, -0.1) is 0 Å². The second-order valence-corrected chi connectivity index (χ2v) is 4.15. The van der Waals surface area contributed by atoms with Crippen molar-refractivity contribution in [2.24, 2.45) is 0 Å². The minimum Gasteiger partial charge on any atom is -0.315 e. The van der Waals surface area contributed by atoms with Crippen LogP contribution in [0.25, 0.3) is 0 Å². The fraction of sp³-hybridized carbons (Fsp3) is 0.636. The highest BCUT2D eigenvalue weighted by Crippen LogP contribution is 2.15. The molecule has 4 nitrogen and oxygen atoms in total. The first-order valence-electron chi connectivity index (χ1n) is 5.46. The molecule has 0 bridgehead atoms. The summed E-state index contributed by atoms with van der Waals surface area (Å²) in [5.41, 5.74) is 0.881. The number of piperidine rings is 1. The van der Waals surface area contributed by atoms with Crippen LogP contribution in [0, 0.1) is 13.8 Å². The van der Waals surface area contributed by atoms with Crippen LogP contribution in [0.1, 0.15) is 30.4 Å². The molecule has 4 heteroatoms. The van der Waals surface area contributed by atoms with Crippen LogP contribution in [0.4, 0.5) is 0 Å². The Morgan fingerprint density at radius 2 is 2.33 bits per heavy atom. The highest BCUT2D eigenvalue weighted by molar-refractivity contribution is 5.03. The van der Waals surface area contributed by atoms with Crippen LogP contribution < -0.4 is 10.9 Å². The summed E-state index contributed by atoms with van der Waals surface area (Å²) in [6, 6.07) is 1.89. The molecule has 1 N–H and O–H groups in total. The van der Waals surface area contributed by atoms with E-state index in [0.29, 0.717) is 0 Å². The van der Waals surface area contributed by atoms with Gasteiger partial charge in [0, 0.05) is 18.3 Å². The largest absolute Gasteiger partial charge is 0.315 e. The van der Waals surface area contributed by atoms with E-state index in [0.717, 1.165) is 37.4 Å². The van der Waals surface area contributed by atoms with Gasteiger partial charge < -0.3 is 5.32 Å². The molecule has 1 fully saturated rings. The molecule has 82 valence electrons. The predicted octanol–water partition coefficient (Wildman–Crippen LogP) is 0.785. The van der Waals surface area contributed by atoms with Crippen molar-refractivity contribution in [1.82, 2.24) is 14.9 Å². The predicted molar refractivity (Wildman–Crippen MR) is 59.1 cm³/mol. The van der Waals surface area contributed by atoms with Gasteiger partial charge in [-0.3, -0.25) is 9.36 Å². The summed E-state index contributed by atoms with van der Waals surface area (Å²) >= 11 is 0. The number of aryl methyl sites for hydroxylation is 2. The molecule has 0 radical (unpaired) electrons. The molecule has 1 saturated heterocycles. The normalized spacial score (nSPS) is 21.6. The number of aromatic nitrogens is 2. The molecule has 0 saturated carbocycles. The number of nitrogens with zero attached hydrogens (tertiary/aromatic N) is 2. The van der Waals surface area contributed by atoms with Crippen molar-refractivity contribution >= 4 is 0 Å². The maximum atomic E-state index is 11.9. The number of nitrogens with one attached hydrogen (secondary N) is 1. The SMILES string of the molecule is Cc1cc(=O)n(C2CCCNC2)c(C)n1. The van der Waals surface area contributed by atoms with E-state index in [2.05, 4.69) is 10.3 Å². The first-order valence-corrected chi connectivity index (χ1v) is 5.46. The van der Waals surface area contributed by atoms with Crippen molar-refractivity contribution in [2.75, 3.05) is 13.1 Å². The Hall–Kier alpha value is -1.16. The Labute approximate surface area is 89.3 Å². The molecule has 0 aliphatic carbocycles. The molecule has 2 heterocycles. The zero-order chi connectivity index (χ0) is 10.8. The Kier molecular flexibility index (Phi) is 2.86. The summed E-state index contributed by atoms with van der Waals surface area (Å²) in [6.45, 7) is 5.70. The molecule has 1 atom stereocenters. The topological polar surface area (TPSA) is 46.9 Å². The average Bonchev–Trinajstić information content (AvgIpc) is 2.17. The Balaban J connectivity index is 2.38. The lowest BCUT2D eigenvalue weighted by atomic mass is 10.1. The molecule has 2 rings (SSSR count). The van der Waals surface area contributed by atoms with Crippen molar-refractivity contribution in [2.45, 2.75) is 32.7 Å². The van der Waals surface area contributed by atoms with E-state index in [-0.39, 0.29) is 11.6 Å². The van der Waals surface area contributed by atoms with Gasteiger partial charge >= 0.3 is 0 Å². The number of hydrogen-bond acceptors (Lipinski definition) is 3. The lowest BCUT2D eigenvalue weighted by Gasteiger charge is -2.26. The summed E-state index contributed by atoms with van der Waals surface area (Å²) in [7, 11) is 0. The quantitative estimate of drug-likeness (QED) is 0.740. The average molecular weight is 207 g/mol. The molecular weight excluding hydrogens is 190 g/mol. The molecule has 1 unspecified atom stereocenters. The van der Waals surface area contributed by atoms with Crippen LogP contribution >= 0.6 is 0 Å². The highest BCUT2D eigenvalue weighted by atomic mass is 16.1. The molecule has 1 aromatic heterocycles. The fourth-order valence-electron chi connectivity index (χ4n) is 2.25. The third kappa shape index (κ3) is 2.09. The molecule has 0 amide bonds. The zero-order valence-electron chi connectivity index (χ0n) is 9.29. The molecule has 1 aromatic rings. The number of hydrogen-bond donors (Lipinski definition) is 1. The van der Waals surface area contributed by atoms with Gasteiger partial charge in [-0.2, -0.15) is 0 Å². The molecule has 15 heavy (non-hydrogen) atoms. The molecule has 1 aliphatic heterocycles. The maximum absolute atomic E-state index is 11.9. The van der Waals surface area contributed by atoms with Crippen LogP contribution in [0.15, 0.2) is 10.9 Å². The van der Waals surface area contributed by atoms with E-state index in [1.807, 2.05) is 18.4 Å². The van der Waals surface area contributed by atoms with Crippen molar-refractivity contribution < 1.29 is 0 Å². The van der Waals surface area contributed by atoms with Gasteiger partial charge in [0.05, 0.1) is 6.04 Å². The minimum absolute atomic E-state index is 0.0775. The summed E-state index contributed by atoms with van der Waals surface area (Å²) in [5.74, 6) is 0.828. The standard InChI is InChI=1S/C11H17N3O/c1-8-6-11(15)14(9(2)13-8)10-4-3-5-12-7-10/h6,10,12H,3-5,7H2,1-2H3. The van der Waals surface area contributed by atoms with Crippen molar-refractivity contribution in [3.63, 3.8) is 0 Å². The van der Waals surface area contributed by atoms with Gasteiger partial charge in [-0.1, -0.05) is 0 Å². The number of rotatable bonds is 1. The van der Waals surface area contributed by atoms with Crippen molar-refractivity contribution in [3.8, 4) is 0 Å². The van der Waals surface area contributed by atoms with Crippen LogP contribution in [-0.2, 0) is 0 Å². The molecule has 0 spiro atoms. The minimum atomic E-state index is 0.0775. The fourth-order valence-corrected chi connectivity index (χ4v) is 2.25. The first-order chi connectivity index (χ1) is 7.18. The summed E-state index contributed by atoms with van der Waals surface area (Å²) in [5, 5.41) is 3.31. The van der Waals surface area contributed by atoms with Crippen LogP contribution in [0.3, 0.4) is 0 Å². The van der Waals surface area contributed by atoms with Gasteiger partial charge in [0.15, 0.2) is 0 Å². The van der Waals surface area contributed by atoms with E-state index < -0.39 is 0 Å².